The van der Waals surface area contributed by atoms with Gasteiger partial charge in [-0.2, -0.15) is 0 Å². The maximum atomic E-state index is 4.65. The molecule has 0 bridgehead atoms. The summed E-state index contributed by atoms with van der Waals surface area (Å²) in [4.78, 5) is 9.05. The van der Waals surface area contributed by atoms with Gasteiger partial charge in [0.05, 0.1) is 5.69 Å². The van der Waals surface area contributed by atoms with Crippen LogP contribution >= 0.6 is 0 Å². The van der Waals surface area contributed by atoms with Crippen LogP contribution < -0.4 is 5.32 Å². The fraction of sp³-hybridized carbons (Fsp3) is 0.714. The number of aromatic nitrogens is 2. The Morgan fingerprint density at radius 2 is 2.18 bits per heavy atom. The highest BCUT2D eigenvalue weighted by molar-refractivity contribution is 5.17. The summed E-state index contributed by atoms with van der Waals surface area (Å²) >= 11 is 0. The minimum Gasteiger partial charge on any atom is -0.311 e. The van der Waals surface area contributed by atoms with Crippen LogP contribution in [0.5, 0.6) is 0 Å². The minimum absolute atomic E-state index is 0.407. The molecule has 0 saturated heterocycles. The van der Waals surface area contributed by atoms with Gasteiger partial charge in [-0.15, -0.1) is 0 Å². The summed E-state index contributed by atoms with van der Waals surface area (Å²) in [7, 11) is 0. The molecule has 3 nitrogen and oxygen atoms in total. The first-order valence-corrected chi connectivity index (χ1v) is 6.51. The normalized spacial score (nSPS) is 21.8. The fourth-order valence-electron chi connectivity index (χ4n) is 2.08. The van der Waals surface area contributed by atoms with Gasteiger partial charge in [0.25, 0.3) is 0 Å². The quantitative estimate of drug-likeness (QED) is 0.849. The first-order valence-electron chi connectivity index (χ1n) is 6.51. The maximum absolute atomic E-state index is 4.65. The summed E-state index contributed by atoms with van der Waals surface area (Å²) in [5.41, 5.74) is 1.52. The van der Waals surface area contributed by atoms with Crippen LogP contribution in [-0.4, -0.2) is 16.5 Å². The van der Waals surface area contributed by atoms with E-state index in [2.05, 4.69) is 43.0 Å². The van der Waals surface area contributed by atoms with Gasteiger partial charge in [0, 0.05) is 18.7 Å². The zero-order chi connectivity index (χ0) is 12.5. The lowest BCUT2D eigenvalue weighted by Crippen LogP contribution is -2.20. The number of nitrogens with one attached hydrogen (secondary N) is 1. The molecule has 1 aromatic heterocycles. The predicted molar refractivity (Wildman–Crippen MR) is 69.7 cm³/mol. The molecule has 3 heteroatoms. The second-order valence-corrected chi connectivity index (χ2v) is 6.18. The van der Waals surface area contributed by atoms with E-state index in [1.807, 2.05) is 12.3 Å². The topological polar surface area (TPSA) is 37.8 Å². The summed E-state index contributed by atoms with van der Waals surface area (Å²) in [5, 5.41) is 3.42. The van der Waals surface area contributed by atoms with Crippen LogP contribution in [0.1, 0.15) is 51.6 Å². The third-order valence-corrected chi connectivity index (χ3v) is 3.42. The maximum Gasteiger partial charge on any atom is 0.132 e. The lowest BCUT2D eigenvalue weighted by atomic mass is 10.1. The number of rotatable bonds is 5. The molecule has 2 rings (SSSR count). The Bertz CT molecular complexity index is 385. The zero-order valence-electron chi connectivity index (χ0n) is 11.3. The van der Waals surface area contributed by atoms with E-state index in [1.54, 1.807) is 0 Å². The summed E-state index contributed by atoms with van der Waals surface area (Å²) in [6.45, 7) is 10.9. The average molecular weight is 233 g/mol. The van der Waals surface area contributed by atoms with Crippen LogP contribution in [0.3, 0.4) is 0 Å². The highest BCUT2D eigenvalue weighted by Gasteiger charge is 2.48. The van der Waals surface area contributed by atoms with Crippen molar-refractivity contribution in [2.45, 2.75) is 46.6 Å². The van der Waals surface area contributed by atoms with Crippen molar-refractivity contribution in [3.8, 4) is 0 Å². The smallest absolute Gasteiger partial charge is 0.132 e. The molecule has 1 aliphatic rings. The largest absolute Gasteiger partial charge is 0.311 e. The molecule has 0 aromatic carbocycles. The van der Waals surface area contributed by atoms with Crippen molar-refractivity contribution in [2.75, 3.05) is 6.54 Å². The van der Waals surface area contributed by atoms with Crippen LogP contribution in [0.15, 0.2) is 12.3 Å². The Labute approximate surface area is 104 Å². The van der Waals surface area contributed by atoms with Crippen LogP contribution in [0.25, 0.3) is 0 Å². The molecule has 1 atom stereocenters. The fourth-order valence-corrected chi connectivity index (χ4v) is 2.08. The van der Waals surface area contributed by atoms with E-state index < -0.39 is 0 Å². The van der Waals surface area contributed by atoms with Crippen molar-refractivity contribution in [1.29, 1.82) is 0 Å². The average Bonchev–Trinajstić information content (AvgIpc) is 2.88. The van der Waals surface area contributed by atoms with E-state index in [0.717, 1.165) is 24.6 Å². The van der Waals surface area contributed by atoms with E-state index in [1.165, 1.54) is 6.42 Å². The molecule has 1 aliphatic carbocycles. The van der Waals surface area contributed by atoms with E-state index in [-0.39, 0.29) is 0 Å². The molecule has 1 aromatic rings. The van der Waals surface area contributed by atoms with Gasteiger partial charge in [-0.1, -0.05) is 27.7 Å². The molecule has 0 spiro atoms. The SMILES string of the molecule is CC(C)CNCc1ccnc(C2CC2(C)C)n1. The van der Waals surface area contributed by atoms with Crippen molar-refractivity contribution < 1.29 is 0 Å². The van der Waals surface area contributed by atoms with Gasteiger partial charge in [-0.3, -0.25) is 0 Å². The lowest BCUT2D eigenvalue weighted by molar-refractivity contribution is 0.545. The summed E-state index contributed by atoms with van der Waals surface area (Å²) in [5.74, 6) is 2.27. The Hall–Kier alpha value is -0.960. The van der Waals surface area contributed by atoms with Gasteiger partial charge in [0.15, 0.2) is 0 Å². The highest BCUT2D eigenvalue weighted by Crippen LogP contribution is 2.57. The van der Waals surface area contributed by atoms with E-state index in [9.17, 15) is 0 Å². The highest BCUT2D eigenvalue weighted by atomic mass is 14.9. The Balaban J connectivity index is 1.93. The zero-order valence-corrected chi connectivity index (χ0v) is 11.3. The van der Waals surface area contributed by atoms with Gasteiger partial charge in [0.1, 0.15) is 5.82 Å². The standard InChI is InChI=1S/C14H23N3/c1-10(2)8-15-9-11-5-6-16-13(17-11)12-7-14(12,3)4/h5-6,10,12,15H,7-9H2,1-4H3. The van der Waals surface area contributed by atoms with Crippen molar-refractivity contribution in [3.63, 3.8) is 0 Å². The van der Waals surface area contributed by atoms with E-state index in [0.29, 0.717) is 17.3 Å². The van der Waals surface area contributed by atoms with Gasteiger partial charge < -0.3 is 5.32 Å². The molecule has 1 unspecified atom stereocenters. The third-order valence-electron chi connectivity index (χ3n) is 3.42. The summed E-state index contributed by atoms with van der Waals surface area (Å²) < 4.78 is 0. The minimum atomic E-state index is 0.407. The van der Waals surface area contributed by atoms with Gasteiger partial charge in [0.2, 0.25) is 0 Å². The van der Waals surface area contributed by atoms with E-state index >= 15 is 0 Å². The lowest BCUT2D eigenvalue weighted by Gasteiger charge is -2.08. The molecule has 1 fully saturated rings. The van der Waals surface area contributed by atoms with Crippen LogP contribution in [-0.2, 0) is 6.54 Å². The molecule has 0 radical (unpaired) electrons. The number of nitrogens with zero attached hydrogens (tertiary/aromatic N) is 2. The molecule has 94 valence electrons. The van der Waals surface area contributed by atoms with Crippen LogP contribution in [0.2, 0.25) is 0 Å². The van der Waals surface area contributed by atoms with Gasteiger partial charge in [-0.25, -0.2) is 9.97 Å². The molecule has 0 amide bonds. The molecular formula is C14H23N3. The van der Waals surface area contributed by atoms with Crippen molar-refractivity contribution in [3.05, 3.63) is 23.8 Å². The molecule has 0 aliphatic heterocycles. The Morgan fingerprint density at radius 1 is 1.47 bits per heavy atom. The van der Waals surface area contributed by atoms with E-state index in [4.69, 9.17) is 0 Å². The number of hydrogen-bond acceptors (Lipinski definition) is 3. The Morgan fingerprint density at radius 3 is 2.76 bits per heavy atom. The summed E-state index contributed by atoms with van der Waals surface area (Å²) in [6, 6.07) is 2.01. The second kappa shape index (κ2) is 4.73. The monoisotopic (exact) mass is 233 g/mol. The molecule has 17 heavy (non-hydrogen) atoms. The molecule has 1 saturated carbocycles. The number of hydrogen-bond donors (Lipinski definition) is 1. The molecule has 1 N–H and O–H groups in total. The van der Waals surface area contributed by atoms with Gasteiger partial charge >= 0.3 is 0 Å². The second-order valence-electron chi connectivity index (χ2n) is 6.18. The molecule has 1 heterocycles. The van der Waals surface area contributed by atoms with Crippen molar-refractivity contribution >= 4 is 0 Å². The Kier molecular flexibility index (Phi) is 3.48. The van der Waals surface area contributed by atoms with Crippen LogP contribution in [0.4, 0.5) is 0 Å². The molecular weight excluding hydrogens is 210 g/mol. The van der Waals surface area contributed by atoms with Crippen molar-refractivity contribution in [2.24, 2.45) is 11.3 Å². The predicted octanol–water partition coefficient (Wildman–Crippen LogP) is 2.74. The summed E-state index contributed by atoms with van der Waals surface area (Å²) in [6.07, 6.45) is 3.11. The first-order chi connectivity index (χ1) is 7.99. The third kappa shape index (κ3) is 3.25. The van der Waals surface area contributed by atoms with Crippen LogP contribution in [0, 0.1) is 11.3 Å². The van der Waals surface area contributed by atoms with Crippen molar-refractivity contribution in [1.82, 2.24) is 15.3 Å². The van der Waals surface area contributed by atoms with Gasteiger partial charge in [-0.05, 0) is 30.4 Å². The first kappa shape index (κ1) is 12.5.